The minimum atomic E-state index is -0.134. The highest BCUT2D eigenvalue weighted by atomic mass is 16.2. The Bertz CT molecular complexity index is 611. The number of guanidine groups is 1. The second-order valence-corrected chi connectivity index (χ2v) is 6.28. The van der Waals surface area contributed by atoms with Crippen LogP contribution < -0.4 is 16.0 Å². The van der Waals surface area contributed by atoms with Crippen molar-refractivity contribution in [2.45, 2.75) is 19.3 Å². The highest BCUT2D eigenvalue weighted by molar-refractivity contribution is 5.93. The van der Waals surface area contributed by atoms with E-state index in [-0.39, 0.29) is 11.8 Å². The maximum atomic E-state index is 12.0. The third kappa shape index (κ3) is 6.02. The summed E-state index contributed by atoms with van der Waals surface area (Å²) in [6.07, 6.45) is 5.74. The first-order chi connectivity index (χ1) is 12.6. The number of hydrogen-bond acceptors (Lipinski definition) is 4. The Morgan fingerprint density at radius 2 is 2.00 bits per heavy atom. The standard InChI is InChI=1S/C18H28N6O2/c1-19-16(25)12-14-5-10-24(11-6-14)18(20-2)23-9-8-22-17(26)15-4-3-7-21-13-15/h3-4,7,13-14H,5-6,8-12H2,1-2H3,(H,19,25)(H,20,23)(H,22,26). The summed E-state index contributed by atoms with van der Waals surface area (Å²) in [5, 5.41) is 8.82. The summed E-state index contributed by atoms with van der Waals surface area (Å²) in [7, 11) is 3.43. The van der Waals surface area contributed by atoms with Crippen LogP contribution in [0.15, 0.2) is 29.5 Å². The predicted molar refractivity (Wildman–Crippen MR) is 101 cm³/mol. The van der Waals surface area contributed by atoms with Gasteiger partial charge in [0.2, 0.25) is 5.91 Å². The number of amides is 2. The molecule has 2 rings (SSSR count). The molecule has 142 valence electrons. The summed E-state index contributed by atoms with van der Waals surface area (Å²) in [5.74, 6) is 1.24. The molecule has 2 amide bonds. The van der Waals surface area contributed by atoms with Crippen LogP contribution in [0.1, 0.15) is 29.6 Å². The zero-order valence-corrected chi connectivity index (χ0v) is 15.5. The van der Waals surface area contributed by atoms with E-state index in [9.17, 15) is 9.59 Å². The number of pyridine rings is 1. The van der Waals surface area contributed by atoms with E-state index in [0.717, 1.165) is 31.9 Å². The summed E-state index contributed by atoms with van der Waals surface area (Å²) in [5.41, 5.74) is 0.551. The lowest BCUT2D eigenvalue weighted by Crippen LogP contribution is -2.47. The lowest BCUT2D eigenvalue weighted by Gasteiger charge is -2.34. The molecule has 8 nitrogen and oxygen atoms in total. The summed E-state index contributed by atoms with van der Waals surface area (Å²) < 4.78 is 0. The maximum Gasteiger partial charge on any atom is 0.252 e. The molecule has 3 N–H and O–H groups in total. The summed E-state index contributed by atoms with van der Waals surface area (Å²) in [6.45, 7) is 2.85. The molecule has 0 unspecified atom stereocenters. The highest BCUT2D eigenvalue weighted by Gasteiger charge is 2.22. The SMILES string of the molecule is CN=C(NCCNC(=O)c1cccnc1)N1CCC(CC(=O)NC)CC1. The molecule has 0 radical (unpaired) electrons. The van der Waals surface area contributed by atoms with Crippen molar-refractivity contribution in [1.29, 1.82) is 0 Å². The van der Waals surface area contributed by atoms with Gasteiger partial charge in [-0.05, 0) is 30.9 Å². The Labute approximate surface area is 154 Å². The van der Waals surface area contributed by atoms with Gasteiger partial charge in [-0.2, -0.15) is 0 Å². The molecule has 1 aliphatic heterocycles. The Kier molecular flexibility index (Phi) is 7.85. The molecule has 1 saturated heterocycles. The first-order valence-corrected chi connectivity index (χ1v) is 8.98. The minimum Gasteiger partial charge on any atom is -0.359 e. The quantitative estimate of drug-likeness (QED) is 0.383. The lowest BCUT2D eigenvalue weighted by molar-refractivity contribution is -0.121. The molecule has 2 heterocycles. The van der Waals surface area contributed by atoms with Crippen molar-refractivity contribution in [3.8, 4) is 0 Å². The van der Waals surface area contributed by atoms with Crippen LogP contribution in [0.4, 0.5) is 0 Å². The fourth-order valence-corrected chi connectivity index (χ4v) is 2.99. The molecule has 1 aromatic rings. The van der Waals surface area contributed by atoms with Crippen LogP contribution in [-0.4, -0.2) is 67.9 Å². The van der Waals surface area contributed by atoms with Gasteiger partial charge in [-0.15, -0.1) is 0 Å². The van der Waals surface area contributed by atoms with Crippen LogP contribution in [0.25, 0.3) is 0 Å². The lowest BCUT2D eigenvalue weighted by atomic mass is 9.93. The number of nitrogens with zero attached hydrogens (tertiary/aromatic N) is 3. The Morgan fingerprint density at radius 1 is 1.27 bits per heavy atom. The smallest absolute Gasteiger partial charge is 0.252 e. The molecule has 0 spiro atoms. The van der Waals surface area contributed by atoms with Gasteiger partial charge in [0, 0.05) is 59.1 Å². The molecule has 0 aliphatic carbocycles. The second-order valence-electron chi connectivity index (χ2n) is 6.28. The van der Waals surface area contributed by atoms with E-state index in [2.05, 4.69) is 30.8 Å². The first kappa shape index (κ1) is 19.7. The van der Waals surface area contributed by atoms with E-state index < -0.39 is 0 Å². The summed E-state index contributed by atoms with van der Waals surface area (Å²) >= 11 is 0. The maximum absolute atomic E-state index is 12.0. The van der Waals surface area contributed by atoms with Gasteiger partial charge in [-0.1, -0.05) is 0 Å². The largest absolute Gasteiger partial charge is 0.359 e. The average molecular weight is 360 g/mol. The van der Waals surface area contributed by atoms with Gasteiger partial charge in [0.15, 0.2) is 5.96 Å². The van der Waals surface area contributed by atoms with Crippen LogP contribution in [0.3, 0.4) is 0 Å². The molecule has 1 aliphatic rings. The molecular weight excluding hydrogens is 332 g/mol. The Morgan fingerprint density at radius 3 is 2.62 bits per heavy atom. The summed E-state index contributed by atoms with van der Waals surface area (Å²) in [4.78, 5) is 33.9. The van der Waals surface area contributed by atoms with Crippen LogP contribution in [-0.2, 0) is 4.79 Å². The number of piperidine rings is 1. The predicted octanol–water partition coefficient (Wildman–Crippen LogP) is 0.235. The normalized spacial score (nSPS) is 15.5. The van der Waals surface area contributed by atoms with Crippen molar-refractivity contribution in [3.05, 3.63) is 30.1 Å². The zero-order valence-electron chi connectivity index (χ0n) is 15.5. The molecule has 0 atom stereocenters. The molecular formula is C18H28N6O2. The molecule has 26 heavy (non-hydrogen) atoms. The average Bonchev–Trinajstić information content (AvgIpc) is 2.69. The van der Waals surface area contributed by atoms with Crippen molar-refractivity contribution >= 4 is 17.8 Å². The van der Waals surface area contributed by atoms with Gasteiger partial charge in [0.05, 0.1) is 5.56 Å². The van der Waals surface area contributed by atoms with E-state index in [4.69, 9.17) is 0 Å². The van der Waals surface area contributed by atoms with Crippen molar-refractivity contribution < 1.29 is 9.59 Å². The fourth-order valence-electron chi connectivity index (χ4n) is 2.99. The third-order valence-electron chi connectivity index (χ3n) is 4.50. The number of aromatic nitrogens is 1. The highest BCUT2D eigenvalue weighted by Crippen LogP contribution is 2.20. The zero-order chi connectivity index (χ0) is 18.8. The molecule has 1 aromatic heterocycles. The molecule has 0 saturated carbocycles. The second kappa shape index (κ2) is 10.4. The van der Waals surface area contributed by atoms with E-state index in [1.165, 1.54) is 0 Å². The number of nitrogens with one attached hydrogen (secondary N) is 3. The van der Waals surface area contributed by atoms with E-state index in [1.54, 1.807) is 38.6 Å². The van der Waals surface area contributed by atoms with Gasteiger partial charge >= 0.3 is 0 Å². The monoisotopic (exact) mass is 360 g/mol. The van der Waals surface area contributed by atoms with E-state index in [1.807, 2.05) is 0 Å². The topological polar surface area (TPSA) is 98.7 Å². The van der Waals surface area contributed by atoms with Crippen molar-refractivity contribution in [1.82, 2.24) is 25.8 Å². The number of aliphatic imine (C=N–C) groups is 1. The number of carbonyl (C=O) groups excluding carboxylic acids is 2. The van der Waals surface area contributed by atoms with Gasteiger partial charge in [0.25, 0.3) is 5.91 Å². The number of carbonyl (C=O) groups is 2. The molecule has 1 fully saturated rings. The molecule has 8 heteroatoms. The third-order valence-corrected chi connectivity index (χ3v) is 4.50. The first-order valence-electron chi connectivity index (χ1n) is 8.98. The Hall–Kier alpha value is -2.64. The minimum absolute atomic E-state index is 0.107. The van der Waals surface area contributed by atoms with Gasteiger partial charge in [-0.3, -0.25) is 19.6 Å². The summed E-state index contributed by atoms with van der Waals surface area (Å²) in [6, 6.07) is 3.47. The van der Waals surface area contributed by atoms with Gasteiger partial charge in [-0.25, -0.2) is 0 Å². The van der Waals surface area contributed by atoms with Crippen LogP contribution in [0.2, 0.25) is 0 Å². The molecule has 0 bridgehead atoms. The number of hydrogen-bond donors (Lipinski definition) is 3. The van der Waals surface area contributed by atoms with Crippen LogP contribution >= 0.6 is 0 Å². The van der Waals surface area contributed by atoms with Gasteiger partial charge < -0.3 is 20.9 Å². The van der Waals surface area contributed by atoms with Crippen molar-refractivity contribution in [2.75, 3.05) is 40.3 Å². The Balaban J connectivity index is 1.68. The van der Waals surface area contributed by atoms with Gasteiger partial charge in [0.1, 0.15) is 0 Å². The van der Waals surface area contributed by atoms with Crippen LogP contribution in [0.5, 0.6) is 0 Å². The van der Waals surface area contributed by atoms with Crippen LogP contribution in [0, 0.1) is 5.92 Å². The van der Waals surface area contributed by atoms with E-state index in [0.29, 0.717) is 31.0 Å². The fraction of sp³-hybridized carbons (Fsp3) is 0.556. The number of likely N-dealkylation sites (tertiary alicyclic amines) is 1. The molecule has 0 aromatic carbocycles. The van der Waals surface area contributed by atoms with E-state index >= 15 is 0 Å². The van der Waals surface area contributed by atoms with Crippen molar-refractivity contribution in [3.63, 3.8) is 0 Å². The number of rotatable bonds is 6. The van der Waals surface area contributed by atoms with Crippen molar-refractivity contribution in [2.24, 2.45) is 10.9 Å².